The Bertz CT molecular complexity index is 598. The van der Waals surface area contributed by atoms with Gasteiger partial charge in [0.25, 0.3) is 0 Å². The third-order valence-corrected chi connectivity index (χ3v) is 4.52. The van der Waals surface area contributed by atoms with Gasteiger partial charge in [-0.25, -0.2) is 17.6 Å². The van der Waals surface area contributed by atoms with Crippen LogP contribution in [0.4, 0.5) is 4.39 Å². The quantitative estimate of drug-likeness (QED) is 0.597. The van der Waals surface area contributed by atoms with Gasteiger partial charge in [0, 0.05) is 12.7 Å². The summed E-state index contributed by atoms with van der Waals surface area (Å²) in [7, 11) is -3.87. The van der Waals surface area contributed by atoms with Crippen LogP contribution in [-0.4, -0.2) is 36.5 Å². The summed E-state index contributed by atoms with van der Waals surface area (Å²) in [6.07, 6.45) is 3.64. The van der Waals surface area contributed by atoms with Crippen LogP contribution >= 0.6 is 0 Å². The average molecular weight is 271 g/mol. The summed E-state index contributed by atoms with van der Waals surface area (Å²) < 4.78 is 38.5. The summed E-state index contributed by atoms with van der Waals surface area (Å²) in [5.41, 5.74) is 0. The van der Waals surface area contributed by atoms with Crippen LogP contribution in [0.5, 0.6) is 0 Å². The maximum absolute atomic E-state index is 13.0. The fraction of sp³-hybridized carbons (Fsp3) is 0.400. The molecule has 0 spiro atoms. The van der Waals surface area contributed by atoms with Gasteiger partial charge in [0.2, 0.25) is 16.1 Å². The Morgan fingerprint density at radius 1 is 1.50 bits per heavy atom. The smallest absolute Gasteiger partial charge is 0.246 e. The van der Waals surface area contributed by atoms with Crippen molar-refractivity contribution in [1.29, 1.82) is 0 Å². The van der Waals surface area contributed by atoms with Gasteiger partial charge in [0.1, 0.15) is 16.9 Å². The molecule has 0 bridgehead atoms. The van der Waals surface area contributed by atoms with Gasteiger partial charge in [-0.3, -0.25) is 4.98 Å². The molecular weight excluding hydrogens is 261 g/mol. The molecule has 0 amide bonds. The van der Waals surface area contributed by atoms with E-state index in [4.69, 9.17) is 0 Å². The monoisotopic (exact) mass is 271 g/mol. The van der Waals surface area contributed by atoms with Gasteiger partial charge in [-0.2, -0.15) is 9.30 Å². The van der Waals surface area contributed by atoms with Crippen molar-refractivity contribution >= 4 is 16.1 Å². The van der Waals surface area contributed by atoms with E-state index < -0.39 is 22.0 Å². The first kappa shape index (κ1) is 12.8. The van der Waals surface area contributed by atoms with Gasteiger partial charge in [-0.15, -0.1) is 0 Å². The molecule has 1 aliphatic heterocycles. The second-order valence-electron chi connectivity index (χ2n) is 3.80. The zero-order valence-corrected chi connectivity index (χ0v) is 10.1. The number of isocyanates is 1. The predicted octanol–water partition coefficient (Wildman–Crippen LogP) is 0.667. The molecule has 1 unspecified atom stereocenters. The Morgan fingerprint density at radius 2 is 2.28 bits per heavy atom. The minimum Gasteiger partial charge on any atom is -0.260 e. The van der Waals surface area contributed by atoms with Crippen LogP contribution in [0.25, 0.3) is 0 Å². The normalized spacial score (nSPS) is 20.6. The lowest BCUT2D eigenvalue weighted by Gasteiger charge is -2.19. The number of aromatic nitrogens is 1. The highest BCUT2D eigenvalue weighted by Gasteiger charge is 2.35. The lowest BCUT2D eigenvalue weighted by molar-refractivity contribution is 0.395. The maximum atomic E-state index is 13.0. The molecule has 0 saturated carbocycles. The second-order valence-corrected chi connectivity index (χ2v) is 5.69. The number of hydrogen-bond acceptors (Lipinski definition) is 5. The molecule has 1 fully saturated rings. The van der Waals surface area contributed by atoms with Gasteiger partial charge in [-0.05, 0) is 18.9 Å². The molecule has 8 heteroatoms. The third kappa shape index (κ3) is 2.31. The summed E-state index contributed by atoms with van der Waals surface area (Å²) in [5.74, 6) is -0.731. The fourth-order valence-electron chi connectivity index (χ4n) is 1.86. The molecule has 2 rings (SSSR count). The van der Waals surface area contributed by atoms with Gasteiger partial charge < -0.3 is 0 Å². The maximum Gasteiger partial charge on any atom is 0.246 e. The molecule has 18 heavy (non-hydrogen) atoms. The molecule has 1 aromatic rings. The number of sulfonamides is 1. The summed E-state index contributed by atoms with van der Waals surface area (Å²) >= 11 is 0. The van der Waals surface area contributed by atoms with Gasteiger partial charge in [-0.1, -0.05) is 0 Å². The molecule has 1 atom stereocenters. The van der Waals surface area contributed by atoms with E-state index in [9.17, 15) is 17.6 Å². The largest absolute Gasteiger partial charge is 0.260 e. The predicted molar refractivity (Wildman–Crippen MR) is 59.2 cm³/mol. The Morgan fingerprint density at radius 3 is 2.94 bits per heavy atom. The molecule has 0 N–H and O–H groups in total. The van der Waals surface area contributed by atoms with E-state index in [0.29, 0.717) is 12.8 Å². The number of carbonyl (C=O) groups excluding carboxylic acids is 1. The molecule has 0 aliphatic carbocycles. The number of pyridine rings is 1. The van der Waals surface area contributed by atoms with Crippen molar-refractivity contribution in [2.24, 2.45) is 4.99 Å². The van der Waals surface area contributed by atoms with E-state index in [1.54, 1.807) is 0 Å². The first-order valence-corrected chi connectivity index (χ1v) is 6.69. The van der Waals surface area contributed by atoms with Crippen molar-refractivity contribution in [1.82, 2.24) is 9.29 Å². The summed E-state index contributed by atoms with van der Waals surface area (Å²) in [6.45, 7) is 0.245. The van der Waals surface area contributed by atoms with E-state index in [0.717, 1.165) is 22.8 Å². The van der Waals surface area contributed by atoms with Crippen LogP contribution in [0.3, 0.4) is 0 Å². The van der Waals surface area contributed by atoms with E-state index in [2.05, 4.69) is 9.98 Å². The summed E-state index contributed by atoms with van der Waals surface area (Å²) in [6, 6.07) is 0.891. The summed E-state index contributed by atoms with van der Waals surface area (Å²) in [5, 5.41) is 0. The van der Waals surface area contributed by atoms with E-state index in [1.807, 2.05) is 0 Å². The molecule has 0 radical (unpaired) electrons. The standard InChI is InChI=1S/C10H10FN3O3S/c11-8-4-9(6-12-5-8)18(16,17)14-3-1-2-10(14)13-7-15/h4-6,10H,1-3H2. The zero-order valence-electron chi connectivity index (χ0n) is 9.28. The lowest BCUT2D eigenvalue weighted by Crippen LogP contribution is -2.34. The lowest BCUT2D eigenvalue weighted by atomic mass is 10.3. The van der Waals surface area contributed by atoms with Crippen molar-refractivity contribution in [2.75, 3.05) is 6.54 Å². The Hall–Kier alpha value is -1.63. The number of rotatable bonds is 3. The molecule has 0 aromatic carbocycles. The van der Waals surface area contributed by atoms with Gasteiger partial charge in [0.05, 0.1) is 6.20 Å². The summed E-state index contributed by atoms with van der Waals surface area (Å²) in [4.78, 5) is 16.9. The van der Waals surface area contributed by atoms with Gasteiger partial charge in [0.15, 0.2) is 0 Å². The van der Waals surface area contributed by atoms with Crippen molar-refractivity contribution in [3.63, 3.8) is 0 Å². The van der Waals surface area contributed by atoms with Crippen molar-refractivity contribution in [3.8, 4) is 0 Å². The van der Waals surface area contributed by atoms with Crippen LogP contribution in [0, 0.1) is 5.82 Å². The highest BCUT2D eigenvalue weighted by atomic mass is 32.2. The Labute approximate surface area is 103 Å². The minimum atomic E-state index is -3.87. The zero-order chi connectivity index (χ0) is 13.2. The van der Waals surface area contributed by atoms with Crippen LogP contribution in [-0.2, 0) is 14.8 Å². The molecule has 96 valence electrons. The SMILES string of the molecule is O=C=NC1CCCN1S(=O)(=O)c1cncc(F)c1. The van der Waals surface area contributed by atoms with Gasteiger partial charge >= 0.3 is 0 Å². The van der Waals surface area contributed by atoms with Crippen molar-refractivity contribution in [2.45, 2.75) is 23.9 Å². The van der Waals surface area contributed by atoms with E-state index in [-0.39, 0.29) is 11.4 Å². The highest BCUT2D eigenvalue weighted by molar-refractivity contribution is 7.89. The molecule has 1 aromatic heterocycles. The van der Waals surface area contributed by atoms with Crippen LogP contribution in [0.15, 0.2) is 28.3 Å². The molecule has 6 nitrogen and oxygen atoms in total. The third-order valence-electron chi connectivity index (χ3n) is 2.66. The van der Waals surface area contributed by atoms with Crippen LogP contribution < -0.4 is 0 Å². The van der Waals surface area contributed by atoms with Crippen molar-refractivity contribution < 1.29 is 17.6 Å². The van der Waals surface area contributed by atoms with Crippen molar-refractivity contribution in [3.05, 3.63) is 24.3 Å². The Balaban J connectivity index is 2.39. The average Bonchev–Trinajstić information content (AvgIpc) is 2.78. The second kappa shape index (κ2) is 4.93. The number of halogens is 1. The molecule has 1 aliphatic rings. The topological polar surface area (TPSA) is 79.7 Å². The molecule has 2 heterocycles. The first-order chi connectivity index (χ1) is 8.55. The minimum absolute atomic E-state index is 0.240. The number of nitrogens with zero attached hydrogens (tertiary/aromatic N) is 3. The number of aliphatic imine (C=N–C) groups is 1. The van der Waals surface area contributed by atoms with E-state index in [1.165, 1.54) is 6.08 Å². The van der Waals surface area contributed by atoms with Crippen LogP contribution in [0.1, 0.15) is 12.8 Å². The van der Waals surface area contributed by atoms with E-state index >= 15 is 0 Å². The van der Waals surface area contributed by atoms with Crippen LogP contribution in [0.2, 0.25) is 0 Å². The Kier molecular flexibility index (Phi) is 3.51. The fourth-order valence-corrected chi connectivity index (χ4v) is 3.43. The molecular formula is C10H10FN3O3S. The highest BCUT2D eigenvalue weighted by Crippen LogP contribution is 2.26. The molecule has 1 saturated heterocycles. The number of hydrogen-bond donors (Lipinski definition) is 0. The first-order valence-electron chi connectivity index (χ1n) is 5.25.